The minimum Gasteiger partial charge on any atom is -0.378 e. The van der Waals surface area contributed by atoms with Gasteiger partial charge in [-0.3, -0.25) is 4.79 Å². The fourth-order valence-electron chi connectivity index (χ4n) is 3.93. The van der Waals surface area contributed by atoms with E-state index < -0.39 is 39.7 Å². The molecule has 0 saturated carbocycles. The Hall–Kier alpha value is -2.39. The number of alkyl halides is 3. The summed E-state index contributed by atoms with van der Waals surface area (Å²) in [7, 11) is -4.08. The van der Waals surface area contributed by atoms with Crippen molar-refractivity contribution in [1.29, 1.82) is 0 Å². The maximum Gasteiger partial charge on any atom is 0.416 e. The van der Waals surface area contributed by atoms with E-state index in [0.717, 1.165) is 39.9 Å². The molecular formula is C21H22ClF3N4O5S2. The Morgan fingerprint density at radius 3 is 2.25 bits per heavy atom. The van der Waals surface area contributed by atoms with Crippen molar-refractivity contribution in [3.05, 3.63) is 46.3 Å². The summed E-state index contributed by atoms with van der Waals surface area (Å²) in [5, 5.41) is 2.51. The highest BCUT2D eigenvalue weighted by molar-refractivity contribution is 7.91. The summed E-state index contributed by atoms with van der Waals surface area (Å²) in [5.74, 6) is -0.462. The molecule has 15 heteroatoms. The van der Waals surface area contributed by atoms with Gasteiger partial charge >= 0.3 is 12.2 Å². The minimum atomic E-state index is -4.51. The van der Waals surface area contributed by atoms with Crippen molar-refractivity contribution in [3.63, 3.8) is 0 Å². The molecule has 0 aliphatic carbocycles. The predicted molar refractivity (Wildman–Crippen MR) is 126 cm³/mol. The average Bonchev–Trinajstić information content (AvgIpc) is 3.30. The molecule has 0 spiro atoms. The lowest BCUT2D eigenvalue weighted by atomic mass is 10.1. The molecule has 0 bridgehead atoms. The van der Waals surface area contributed by atoms with Gasteiger partial charge in [0, 0.05) is 38.4 Å². The highest BCUT2D eigenvalue weighted by Crippen LogP contribution is 2.32. The number of anilines is 1. The molecule has 36 heavy (non-hydrogen) atoms. The topological polar surface area (TPSA) is 99.3 Å². The molecule has 3 amide bonds. The van der Waals surface area contributed by atoms with Gasteiger partial charge in [0.1, 0.15) is 10.3 Å². The Morgan fingerprint density at radius 2 is 1.67 bits per heavy atom. The Kier molecular flexibility index (Phi) is 7.80. The number of morpholine rings is 1. The lowest BCUT2D eigenvalue weighted by molar-refractivity contribution is -0.140. The Labute approximate surface area is 214 Å². The standard InChI is InChI=1S/C21H22ClF3N4O5S2/c22-17-5-6-18(35-17)36(32,33)29-8-7-28(13-16(29)19(30)27-9-11-34-12-10-27)20(31)26-15-3-1-14(2-4-15)21(23,24)25/h1-6,16H,7-13H2,(H,26,31). The van der Waals surface area contributed by atoms with Crippen molar-refractivity contribution in [2.45, 2.75) is 16.4 Å². The van der Waals surface area contributed by atoms with Gasteiger partial charge < -0.3 is 19.9 Å². The van der Waals surface area contributed by atoms with Crippen LogP contribution >= 0.6 is 22.9 Å². The van der Waals surface area contributed by atoms with Crippen molar-refractivity contribution in [1.82, 2.24) is 14.1 Å². The van der Waals surface area contributed by atoms with Crippen LogP contribution in [0.2, 0.25) is 4.34 Å². The number of rotatable bonds is 4. The fraction of sp³-hybridized carbons (Fsp3) is 0.429. The minimum absolute atomic E-state index is 0.0186. The molecule has 2 fully saturated rings. The Morgan fingerprint density at radius 1 is 1.00 bits per heavy atom. The van der Waals surface area contributed by atoms with Crippen LogP contribution in [0.1, 0.15) is 5.56 Å². The normalized spacial score (nSPS) is 19.8. The van der Waals surface area contributed by atoms with Crippen LogP contribution in [0.4, 0.5) is 23.7 Å². The zero-order valence-corrected chi connectivity index (χ0v) is 21.1. The van der Waals surface area contributed by atoms with Crippen molar-refractivity contribution in [2.24, 2.45) is 0 Å². The van der Waals surface area contributed by atoms with Crippen LogP contribution < -0.4 is 5.32 Å². The van der Waals surface area contributed by atoms with Crippen LogP contribution in [0.5, 0.6) is 0 Å². The van der Waals surface area contributed by atoms with Crippen molar-refractivity contribution in [3.8, 4) is 0 Å². The van der Waals surface area contributed by atoms with Crippen molar-refractivity contribution < 1.29 is 35.9 Å². The van der Waals surface area contributed by atoms with E-state index >= 15 is 0 Å². The van der Waals surface area contributed by atoms with E-state index in [-0.39, 0.29) is 47.0 Å². The number of hydrogen-bond acceptors (Lipinski definition) is 6. The number of urea groups is 1. The van der Waals surface area contributed by atoms with E-state index in [2.05, 4.69) is 5.32 Å². The number of ether oxygens (including phenoxy) is 1. The molecule has 3 heterocycles. The third-order valence-corrected chi connectivity index (χ3v) is 9.41. The number of carbonyl (C=O) groups is 2. The van der Waals surface area contributed by atoms with Crippen LogP contribution in [0.15, 0.2) is 40.6 Å². The van der Waals surface area contributed by atoms with Gasteiger partial charge in [-0.05, 0) is 36.4 Å². The number of hydrogen-bond donors (Lipinski definition) is 1. The van der Waals surface area contributed by atoms with Gasteiger partial charge in [-0.25, -0.2) is 13.2 Å². The predicted octanol–water partition coefficient (Wildman–Crippen LogP) is 3.19. The first-order valence-corrected chi connectivity index (χ1v) is 13.5. The maximum absolute atomic E-state index is 13.4. The smallest absolute Gasteiger partial charge is 0.378 e. The van der Waals surface area contributed by atoms with E-state index in [9.17, 15) is 31.2 Å². The Balaban J connectivity index is 1.54. The monoisotopic (exact) mass is 566 g/mol. The highest BCUT2D eigenvalue weighted by atomic mass is 35.5. The van der Waals surface area contributed by atoms with Crippen LogP contribution in [0.25, 0.3) is 0 Å². The molecule has 1 N–H and O–H groups in total. The van der Waals surface area contributed by atoms with Crippen LogP contribution in [-0.4, -0.2) is 86.4 Å². The molecule has 2 aromatic rings. The van der Waals surface area contributed by atoms with Gasteiger partial charge in [0.2, 0.25) is 5.91 Å². The molecule has 196 valence electrons. The van der Waals surface area contributed by atoms with E-state index in [1.807, 2.05) is 0 Å². The SMILES string of the molecule is O=C(Nc1ccc(C(F)(F)F)cc1)N1CCN(S(=O)(=O)c2ccc(Cl)s2)C(C(=O)N2CCOCC2)C1. The molecule has 9 nitrogen and oxygen atoms in total. The number of sulfonamides is 1. The number of nitrogens with one attached hydrogen (secondary N) is 1. The molecule has 1 atom stereocenters. The van der Waals surface area contributed by atoms with Gasteiger partial charge in [-0.15, -0.1) is 11.3 Å². The summed E-state index contributed by atoms with van der Waals surface area (Å²) in [4.78, 5) is 29.0. The molecule has 4 rings (SSSR count). The number of nitrogens with zero attached hydrogens (tertiary/aromatic N) is 3. The quantitative estimate of drug-likeness (QED) is 0.613. The third-order valence-electron chi connectivity index (χ3n) is 5.80. The first kappa shape index (κ1) is 26.7. The summed E-state index contributed by atoms with van der Waals surface area (Å²) >= 11 is 6.79. The number of piperazine rings is 1. The van der Waals surface area contributed by atoms with E-state index in [4.69, 9.17) is 16.3 Å². The summed E-state index contributed by atoms with van der Waals surface area (Å²) in [6.07, 6.45) is -4.51. The second kappa shape index (κ2) is 10.5. The third kappa shape index (κ3) is 5.78. The molecule has 0 radical (unpaired) electrons. The van der Waals surface area contributed by atoms with Gasteiger partial charge in [-0.1, -0.05) is 11.6 Å². The molecule has 1 unspecified atom stereocenters. The molecule has 1 aromatic heterocycles. The lowest BCUT2D eigenvalue weighted by Crippen LogP contribution is -2.63. The zero-order valence-electron chi connectivity index (χ0n) is 18.7. The van der Waals surface area contributed by atoms with Crippen molar-refractivity contribution >= 4 is 50.6 Å². The molecule has 2 aliphatic rings. The molecule has 1 aromatic carbocycles. The van der Waals surface area contributed by atoms with Crippen LogP contribution in [-0.2, 0) is 25.7 Å². The molecular weight excluding hydrogens is 545 g/mol. The Bertz CT molecular complexity index is 1220. The zero-order chi connectivity index (χ0) is 26.1. The first-order valence-electron chi connectivity index (χ1n) is 10.8. The summed E-state index contributed by atoms with van der Waals surface area (Å²) in [6.45, 7) is 0.767. The number of thiophene rings is 1. The molecule has 2 aliphatic heterocycles. The van der Waals surface area contributed by atoms with E-state index in [1.165, 1.54) is 21.9 Å². The van der Waals surface area contributed by atoms with Crippen LogP contribution in [0.3, 0.4) is 0 Å². The number of amides is 3. The fourth-order valence-corrected chi connectivity index (χ4v) is 7.11. The molecule has 2 saturated heterocycles. The number of benzene rings is 1. The van der Waals surface area contributed by atoms with Crippen LogP contribution in [0, 0.1) is 0 Å². The summed E-state index contributed by atoms with van der Waals surface area (Å²) < 4.78 is 71.7. The number of halogens is 4. The highest BCUT2D eigenvalue weighted by Gasteiger charge is 2.43. The maximum atomic E-state index is 13.4. The second-order valence-corrected chi connectivity index (χ2v) is 11.9. The van der Waals surface area contributed by atoms with E-state index in [1.54, 1.807) is 0 Å². The first-order chi connectivity index (χ1) is 17.0. The summed E-state index contributed by atoms with van der Waals surface area (Å²) in [6, 6.07) is 4.89. The van der Waals surface area contributed by atoms with Gasteiger partial charge in [0.05, 0.1) is 23.1 Å². The second-order valence-electron chi connectivity index (χ2n) is 8.08. The van der Waals surface area contributed by atoms with E-state index in [0.29, 0.717) is 13.2 Å². The average molecular weight is 567 g/mol. The largest absolute Gasteiger partial charge is 0.416 e. The van der Waals surface area contributed by atoms with Crippen molar-refractivity contribution in [2.75, 3.05) is 51.3 Å². The van der Waals surface area contributed by atoms with Gasteiger partial charge in [-0.2, -0.15) is 17.5 Å². The van der Waals surface area contributed by atoms with Gasteiger partial charge in [0.25, 0.3) is 10.0 Å². The number of carbonyl (C=O) groups excluding carboxylic acids is 2. The summed E-state index contributed by atoms with van der Waals surface area (Å²) in [5.41, 5.74) is -0.725. The van der Waals surface area contributed by atoms with Gasteiger partial charge in [0.15, 0.2) is 0 Å². The lowest BCUT2D eigenvalue weighted by Gasteiger charge is -2.41.